The van der Waals surface area contributed by atoms with Gasteiger partial charge in [-0.25, -0.2) is 0 Å². The van der Waals surface area contributed by atoms with Crippen LogP contribution in [-0.2, 0) is 9.59 Å². The highest BCUT2D eigenvalue weighted by Crippen LogP contribution is 2.36. The monoisotopic (exact) mass is 316 g/mol. The third kappa shape index (κ3) is 4.34. The van der Waals surface area contributed by atoms with Crippen molar-refractivity contribution in [2.75, 3.05) is 22.9 Å². The molecule has 0 unspecified atom stereocenters. The molecule has 126 valence electrons. The van der Waals surface area contributed by atoms with Gasteiger partial charge in [-0.1, -0.05) is 53.7 Å². The molecular formula is C19H28N2O2. The van der Waals surface area contributed by atoms with E-state index in [2.05, 4.69) is 41.5 Å². The largest absolute Gasteiger partial charge is 0.309 e. The van der Waals surface area contributed by atoms with Gasteiger partial charge in [-0.05, 0) is 23.0 Å². The number of hydrogen-bond donors (Lipinski definition) is 0. The fourth-order valence-corrected chi connectivity index (χ4v) is 2.80. The average Bonchev–Trinajstić information content (AvgIpc) is 2.47. The standard InChI is InChI=1S/C19H28N2O2/c1-18(2,3)12-20-14-9-7-8-10-15(14)21(13-19(4,5)6)17(23)11-16(20)22/h7-10H,11-13H2,1-6H3. The Morgan fingerprint density at radius 3 is 1.43 bits per heavy atom. The summed E-state index contributed by atoms with van der Waals surface area (Å²) in [6, 6.07) is 7.72. The molecule has 2 rings (SSSR count). The van der Waals surface area contributed by atoms with Crippen LogP contribution in [0.25, 0.3) is 0 Å². The molecule has 0 radical (unpaired) electrons. The van der Waals surface area contributed by atoms with E-state index in [9.17, 15) is 9.59 Å². The summed E-state index contributed by atoms with van der Waals surface area (Å²) in [4.78, 5) is 28.9. The molecule has 0 spiro atoms. The minimum Gasteiger partial charge on any atom is -0.309 e. The molecule has 1 aromatic rings. The first-order valence-electron chi connectivity index (χ1n) is 8.18. The molecule has 0 saturated carbocycles. The normalized spacial score (nSPS) is 16.4. The minimum absolute atomic E-state index is 0.0367. The van der Waals surface area contributed by atoms with E-state index in [1.807, 2.05) is 24.3 Å². The molecule has 4 heteroatoms. The van der Waals surface area contributed by atoms with Gasteiger partial charge in [0.05, 0.1) is 11.4 Å². The third-order valence-electron chi connectivity index (χ3n) is 3.63. The molecule has 1 aliphatic heterocycles. The maximum atomic E-state index is 12.7. The van der Waals surface area contributed by atoms with E-state index in [0.29, 0.717) is 13.1 Å². The Morgan fingerprint density at radius 2 is 1.13 bits per heavy atom. The van der Waals surface area contributed by atoms with Crippen LogP contribution in [0, 0.1) is 10.8 Å². The Kier molecular flexibility index (Phi) is 4.56. The van der Waals surface area contributed by atoms with E-state index >= 15 is 0 Å². The van der Waals surface area contributed by atoms with Gasteiger partial charge in [0, 0.05) is 13.1 Å². The summed E-state index contributed by atoms with van der Waals surface area (Å²) in [6.45, 7) is 13.8. The number of amides is 2. The Bertz CT molecular complexity index is 556. The van der Waals surface area contributed by atoms with Crippen LogP contribution in [0.2, 0.25) is 0 Å². The summed E-state index contributed by atoms with van der Waals surface area (Å²) in [5, 5.41) is 0. The highest BCUT2D eigenvalue weighted by atomic mass is 16.2. The van der Waals surface area contributed by atoms with Gasteiger partial charge in [-0.15, -0.1) is 0 Å². The number of rotatable bonds is 2. The van der Waals surface area contributed by atoms with Crippen LogP contribution in [-0.4, -0.2) is 24.9 Å². The van der Waals surface area contributed by atoms with Crippen LogP contribution in [0.1, 0.15) is 48.0 Å². The van der Waals surface area contributed by atoms with Crippen molar-refractivity contribution in [1.29, 1.82) is 0 Å². The number of nitrogens with zero attached hydrogens (tertiary/aromatic N) is 2. The number of carbonyl (C=O) groups excluding carboxylic acids is 2. The van der Waals surface area contributed by atoms with Crippen molar-refractivity contribution in [3.8, 4) is 0 Å². The van der Waals surface area contributed by atoms with Gasteiger partial charge >= 0.3 is 0 Å². The van der Waals surface area contributed by atoms with Gasteiger partial charge in [0.2, 0.25) is 11.8 Å². The molecule has 0 fully saturated rings. The molecule has 0 atom stereocenters. The second kappa shape index (κ2) is 5.99. The van der Waals surface area contributed by atoms with Gasteiger partial charge in [0.15, 0.2) is 0 Å². The Balaban J connectivity index is 2.51. The third-order valence-corrected chi connectivity index (χ3v) is 3.63. The molecule has 4 nitrogen and oxygen atoms in total. The lowest BCUT2D eigenvalue weighted by atomic mass is 9.95. The number of fused-ring (bicyclic) bond motifs is 1. The predicted octanol–water partition coefficient (Wildman–Crippen LogP) is 3.85. The van der Waals surface area contributed by atoms with Crippen molar-refractivity contribution < 1.29 is 9.59 Å². The Labute approximate surface area is 139 Å². The molecule has 0 N–H and O–H groups in total. The molecule has 0 aromatic heterocycles. The highest BCUT2D eigenvalue weighted by Gasteiger charge is 2.34. The summed E-state index contributed by atoms with van der Waals surface area (Å²) in [5.74, 6) is -0.234. The minimum atomic E-state index is -0.117. The van der Waals surface area contributed by atoms with Crippen LogP contribution >= 0.6 is 0 Å². The Morgan fingerprint density at radius 1 is 0.783 bits per heavy atom. The lowest BCUT2D eigenvalue weighted by Gasteiger charge is -2.32. The molecule has 1 aromatic carbocycles. The van der Waals surface area contributed by atoms with Crippen LogP contribution in [0.3, 0.4) is 0 Å². The van der Waals surface area contributed by atoms with E-state index < -0.39 is 0 Å². The molecule has 2 amide bonds. The number of carbonyl (C=O) groups is 2. The predicted molar refractivity (Wildman–Crippen MR) is 94.7 cm³/mol. The fourth-order valence-electron chi connectivity index (χ4n) is 2.80. The van der Waals surface area contributed by atoms with E-state index in [4.69, 9.17) is 0 Å². The molecular weight excluding hydrogens is 288 g/mol. The zero-order valence-electron chi connectivity index (χ0n) is 15.1. The number of benzene rings is 1. The molecule has 1 heterocycles. The number of para-hydroxylation sites is 2. The zero-order valence-corrected chi connectivity index (χ0v) is 15.1. The fraction of sp³-hybridized carbons (Fsp3) is 0.579. The van der Waals surface area contributed by atoms with Crippen molar-refractivity contribution in [2.24, 2.45) is 10.8 Å². The quantitative estimate of drug-likeness (QED) is 0.778. The maximum Gasteiger partial charge on any atom is 0.236 e. The van der Waals surface area contributed by atoms with Gasteiger partial charge in [-0.3, -0.25) is 9.59 Å². The van der Waals surface area contributed by atoms with Crippen molar-refractivity contribution in [1.82, 2.24) is 0 Å². The van der Waals surface area contributed by atoms with Gasteiger partial charge in [0.25, 0.3) is 0 Å². The molecule has 1 aliphatic rings. The summed E-state index contributed by atoms with van der Waals surface area (Å²) in [6.07, 6.45) is -0.0686. The lowest BCUT2D eigenvalue weighted by molar-refractivity contribution is -0.126. The van der Waals surface area contributed by atoms with Gasteiger partial charge < -0.3 is 9.80 Å². The van der Waals surface area contributed by atoms with Crippen molar-refractivity contribution in [2.45, 2.75) is 48.0 Å². The number of hydrogen-bond acceptors (Lipinski definition) is 2. The van der Waals surface area contributed by atoms with Crippen LogP contribution in [0.4, 0.5) is 11.4 Å². The smallest absolute Gasteiger partial charge is 0.236 e. The first-order chi connectivity index (χ1) is 10.5. The van der Waals surface area contributed by atoms with Crippen LogP contribution in [0.15, 0.2) is 24.3 Å². The molecule has 23 heavy (non-hydrogen) atoms. The van der Waals surface area contributed by atoms with Crippen LogP contribution < -0.4 is 9.80 Å². The SMILES string of the molecule is CC(C)(C)CN1C(=O)CC(=O)N(CC(C)(C)C)c2ccccc21. The van der Waals surface area contributed by atoms with Crippen molar-refractivity contribution >= 4 is 23.2 Å². The summed E-state index contributed by atoms with van der Waals surface area (Å²) >= 11 is 0. The van der Waals surface area contributed by atoms with E-state index in [1.54, 1.807) is 9.80 Å². The number of anilines is 2. The first-order valence-corrected chi connectivity index (χ1v) is 8.18. The maximum absolute atomic E-state index is 12.7. The lowest BCUT2D eigenvalue weighted by Crippen LogP contribution is -2.39. The average molecular weight is 316 g/mol. The second-order valence-electron chi connectivity index (χ2n) is 8.75. The van der Waals surface area contributed by atoms with Gasteiger partial charge in [0.1, 0.15) is 6.42 Å². The summed E-state index contributed by atoms with van der Waals surface area (Å²) in [7, 11) is 0. The van der Waals surface area contributed by atoms with Crippen LogP contribution in [0.5, 0.6) is 0 Å². The van der Waals surface area contributed by atoms with E-state index in [-0.39, 0.29) is 29.1 Å². The van der Waals surface area contributed by atoms with E-state index in [0.717, 1.165) is 11.4 Å². The van der Waals surface area contributed by atoms with Crippen molar-refractivity contribution in [3.05, 3.63) is 24.3 Å². The van der Waals surface area contributed by atoms with Crippen molar-refractivity contribution in [3.63, 3.8) is 0 Å². The molecule has 0 saturated heterocycles. The first kappa shape index (κ1) is 17.5. The van der Waals surface area contributed by atoms with E-state index in [1.165, 1.54) is 0 Å². The molecule has 0 aliphatic carbocycles. The second-order valence-corrected chi connectivity index (χ2v) is 8.75. The highest BCUT2D eigenvalue weighted by molar-refractivity contribution is 6.15. The summed E-state index contributed by atoms with van der Waals surface area (Å²) < 4.78 is 0. The molecule has 0 bridgehead atoms. The zero-order chi connectivity index (χ0) is 17.4. The topological polar surface area (TPSA) is 40.6 Å². The Hall–Kier alpha value is -1.84. The van der Waals surface area contributed by atoms with Gasteiger partial charge in [-0.2, -0.15) is 0 Å². The summed E-state index contributed by atoms with van der Waals surface area (Å²) in [5.41, 5.74) is 1.60.